The summed E-state index contributed by atoms with van der Waals surface area (Å²) in [5.41, 5.74) is 6.15. The van der Waals surface area contributed by atoms with E-state index in [1.54, 1.807) is 11.3 Å². The van der Waals surface area contributed by atoms with Crippen LogP contribution in [0.2, 0.25) is 0 Å². The van der Waals surface area contributed by atoms with Crippen LogP contribution in [-0.2, 0) is 6.54 Å². The predicted octanol–water partition coefficient (Wildman–Crippen LogP) is 3.12. The van der Waals surface area contributed by atoms with Crippen molar-refractivity contribution in [2.24, 2.45) is 5.73 Å². The molecule has 0 amide bonds. The molecule has 0 radical (unpaired) electrons. The minimum atomic E-state index is -0.0518. The number of halogens is 1. The molecule has 1 rings (SSSR count). The van der Waals surface area contributed by atoms with Crippen molar-refractivity contribution in [1.82, 2.24) is 5.32 Å². The van der Waals surface area contributed by atoms with Gasteiger partial charge in [-0.1, -0.05) is 13.8 Å². The van der Waals surface area contributed by atoms with E-state index in [2.05, 4.69) is 46.5 Å². The Labute approximate surface area is 104 Å². The lowest BCUT2D eigenvalue weighted by Gasteiger charge is -2.26. The van der Waals surface area contributed by atoms with Crippen LogP contribution in [0.25, 0.3) is 0 Å². The molecule has 0 saturated carbocycles. The quantitative estimate of drug-likeness (QED) is 0.845. The fraction of sp³-hybridized carbons (Fsp3) is 0.636. The highest BCUT2D eigenvalue weighted by Crippen LogP contribution is 2.22. The van der Waals surface area contributed by atoms with E-state index >= 15 is 0 Å². The highest BCUT2D eigenvalue weighted by Gasteiger charge is 2.19. The zero-order valence-corrected chi connectivity index (χ0v) is 11.7. The fourth-order valence-corrected chi connectivity index (χ4v) is 2.84. The van der Waals surface area contributed by atoms with Crippen molar-refractivity contribution in [3.8, 4) is 0 Å². The van der Waals surface area contributed by atoms with Crippen molar-refractivity contribution in [3.05, 3.63) is 20.8 Å². The van der Waals surface area contributed by atoms with Crippen LogP contribution >= 0.6 is 27.3 Å². The van der Waals surface area contributed by atoms with E-state index in [0.717, 1.165) is 25.9 Å². The summed E-state index contributed by atoms with van der Waals surface area (Å²) in [4.78, 5) is 1.34. The Bertz CT molecular complexity index is 295. The Hall–Kier alpha value is 0.100. The van der Waals surface area contributed by atoms with Gasteiger partial charge in [0.15, 0.2) is 0 Å². The van der Waals surface area contributed by atoms with Crippen LogP contribution in [0.1, 0.15) is 31.6 Å². The van der Waals surface area contributed by atoms with Crippen LogP contribution in [0.4, 0.5) is 0 Å². The number of hydrogen-bond acceptors (Lipinski definition) is 3. The Morgan fingerprint density at radius 1 is 1.47 bits per heavy atom. The molecular weight excluding hydrogens is 272 g/mol. The third-order valence-electron chi connectivity index (χ3n) is 2.86. The molecule has 1 aromatic rings. The maximum Gasteiger partial charge on any atom is 0.0327 e. The van der Waals surface area contributed by atoms with Gasteiger partial charge < -0.3 is 11.1 Å². The minimum absolute atomic E-state index is 0.0518. The monoisotopic (exact) mass is 290 g/mol. The summed E-state index contributed by atoms with van der Waals surface area (Å²) in [6.45, 7) is 6.07. The first-order valence-electron chi connectivity index (χ1n) is 5.33. The van der Waals surface area contributed by atoms with E-state index in [9.17, 15) is 0 Å². The average Bonchev–Trinajstić information content (AvgIpc) is 2.64. The molecule has 86 valence electrons. The van der Waals surface area contributed by atoms with Crippen molar-refractivity contribution in [2.45, 2.75) is 38.8 Å². The third-order valence-corrected chi connectivity index (χ3v) is 4.79. The molecule has 4 heteroatoms. The van der Waals surface area contributed by atoms with Gasteiger partial charge in [0.1, 0.15) is 0 Å². The summed E-state index contributed by atoms with van der Waals surface area (Å²) >= 11 is 5.29. The molecule has 15 heavy (non-hydrogen) atoms. The van der Waals surface area contributed by atoms with Crippen LogP contribution in [0.3, 0.4) is 0 Å². The molecule has 0 aliphatic carbocycles. The highest BCUT2D eigenvalue weighted by atomic mass is 79.9. The lowest BCUT2D eigenvalue weighted by atomic mass is 9.94. The van der Waals surface area contributed by atoms with Crippen molar-refractivity contribution >= 4 is 27.3 Å². The first kappa shape index (κ1) is 13.2. The maximum absolute atomic E-state index is 6.20. The van der Waals surface area contributed by atoms with Crippen LogP contribution in [0.5, 0.6) is 0 Å². The molecule has 0 fully saturated rings. The van der Waals surface area contributed by atoms with Crippen molar-refractivity contribution < 1.29 is 0 Å². The fourth-order valence-electron chi connectivity index (χ4n) is 1.38. The second kappa shape index (κ2) is 5.99. The summed E-state index contributed by atoms with van der Waals surface area (Å²) in [6.07, 6.45) is 2.03. The molecule has 0 spiro atoms. The van der Waals surface area contributed by atoms with Crippen molar-refractivity contribution in [1.29, 1.82) is 0 Å². The molecule has 0 aliphatic rings. The van der Waals surface area contributed by atoms with Crippen LogP contribution < -0.4 is 11.1 Å². The molecule has 0 bridgehead atoms. The SMILES string of the molecule is CCC(N)(CC)CNCc1sccc1Br. The summed E-state index contributed by atoms with van der Waals surface area (Å²) < 4.78 is 1.19. The van der Waals surface area contributed by atoms with Gasteiger partial charge in [-0.05, 0) is 40.2 Å². The first-order valence-corrected chi connectivity index (χ1v) is 7.00. The predicted molar refractivity (Wildman–Crippen MR) is 71.2 cm³/mol. The number of thiophene rings is 1. The normalized spacial score (nSPS) is 12.0. The van der Waals surface area contributed by atoms with Crippen LogP contribution in [0.15, 0.2) is 15.9 Å². The largest absolute Gasteiger partial charge is 0.324 e. The summed E-state index contributed by atoms with van der Waals surface area (Å²) in [7, 11) is 0. The smallest absolute Gasteiger partial charge is 0.0327 e. The zero-order valence-electron chi connectivity index (χ0n) is 9.35. The van der Waals surface area contributed by atoms with Crippen LogP contribution in [0, 0.1) is 0 Å². The van der Waals surface area contributed by atoms with Gasteiger partial charge in [-0.15, -0.1) is 11.3 Å². The van der Waals surface area contributed by atoms with Crippen molar-refractivity contribution in [3.63, 3.8) is 0 Å². The van der Waals surface area contributed by atoms with Gasteiger partial charge in [0.05, 0.1) is 0 Å². The summed E-state index contributed by atoms with van der Waals surface area (Å²) in [5.74, 6) is 0. The third kappa shape index (κ3) is 3.87. The number of hydrogen-bond donors (Lipinski definition) is 2. The molecule has 0 aromatic carbocycles. The lowest BCUT2D eigenvalue weighted by Crippen LogP contribution is -2.47. The number of nitrogens with two attached hydrogens (primary N) is 1. The molecule has 0 saturated heterocycles. The standard InChI is InChI=1S/C11H19BrN2S/c1-3-11(13,4-2)8-14-7-10-9(12)5-6-15-10/h5-6,14H,3-4,7-8,13H2,1-2H3. The van der Waals surface area contributed by atoms with E-state index < -0.39 is 0 Å². The highest BCUT2D eigenvalue weighted by molar-refractivity contribution is 9.10. The summed E-state index contributed by atoms with van der Waals surface area (Å²) in [5, 5.41) is 5.52. The first-order chi connectivity index (χ1) is 7.11. The Morgan fingerprint density at radius 2 is 2.13 bits per heavy atom. The van der Waals surface area contributed by atoms with Gasteiger partial charge in [0.2, 0.25) is 0 Å². The Kier molecular flexibility index (Phi) is 5.26. The molecule has 0 aliphatic heterocycles. The summed E-state index contributed by atoms with van der Waals surface area (Å²) in [6, 6.07) is 2.08. The molecule has 0 unspecified atom stereocenters. The van der Waals surface area contributed by atoms with Gasteiger partial charge in [-0.3, -0.25) is 0 Å². The van der Waals surface area contributed by atoms with Gasteiger partial charge >= 0.3 is 0 Å². The molecule has 0 atom stereocenters. The van der Waals surface area contributed by atoms with Gasteiger partial charge in [0.25, 0.3) is 0 Å². The number of nitrogens with one attached hydrogen (secondary N) is 1. The second-order valence-corrected chi connectivity index (χ2v) is 5.72. The Morgan fingerprint density at radius 3 is 2.60 bits per heavy atom. The molecule has 3 N–H and O–H groups in total. The Balaban J connectivity index is 2.36. The van der Waals surface area contributed by atoms with Gasteiger partial charge in [0, 0.05) is 28.0 Å². The second-order valence-electron chi connectivity index (χ2n) is 3.86. The van der Waals surface area contributed by atoms with E-state index in [1.807, 2.05) is 0 Å². The minimum Gasteiger partial charge on any atom is -0.324 e. The van der Waals surface area contributed by atoms with E-state index in [1.165, 1.54) is 9.35 Å². The van der Waals surface area contributed by atoms with Gasteiger partial charge in [-0.2, -0.15) is 0 Å². The lowest BCUT2D eigenvalue weighted by molar-refractivity contribution is 0.369. The van der Waals surface area contributed by atoms with E-state index in [-0.39, 0.29) is 5.54 Å². The van der Waals surface area contributed by atoms with Crippen LogP contribution in [-0.4, -0.2) is 12.1 Å². The maximum atomic E-state index is 6.20. The average molecular weight is 291 g/mol. The van der Waals surface area contributed by atoms with Crippen molar-refractivity contribution in [2.75, 3.05) is 6.54 Å². The number of rotatable bonds is 6. The topological polar surface area (TPSA) is 38.0 Å². The molecule has 1 heterocycles. The zero-order chi connectivity index (χ0) is 11.3. The van der Waals surface area contributed by atoms with E-state index in [4.69, 9.17) is 5.73 Å². The molecular formula is C11H19BrN2S. The molecule has 2 nitrogen and oxygen atoms in total. The van der Waals surface area contributed by atoms with Gasteiger partial charge in [-0.25, -0.2) is 0 Å². The molecule has 1 aromatic heterocycles. The van der Waals surface area contributed by atoms with E-state index in [0.29, 0.717) is 0 Å².